The van der Waals surface area contributed by atoms with Gasteiger partial charge in [-0.3, -0.25) is 0 Å². The molecule has 0 bridgehead atoms. The molecule has 0 amide bonds. The molecule has 174 valence electrons. The maximum absolute atomic E-state index is 12.8. The Morgan fingerprint density at radius 3 is 2.13 bits per heavy atom. The van der Waals surface area contributed by atoms with E-state index < -0.39 is 64.4 Å². The zero-order valence-electron chi connectivity index (χ0n) is 18.6. The molecule has 3 heterocycles. The van der Waals surface area contributed by atoms with Crippen LogP contribution in [0.2, 0.25) is 0 Å². The van der Waals surface area contributed by atoms with Gasteiger partial charge >= 0.3 is 0 Å². The van der Waals surface area contributed by atoms with Gasteiger partial charge < -0.3 is 28.8 Å². The number of nitrogens with one attached hydrogen (secondary N) is 1. The molecule has 0 spiro atoms. The van der Waals surface area contributed by atoms with Crippen LogP contribution in [0.25, 0.3) is 0 Å². The van der Waals surface area contributed by atoms with E-state index in [1.54, 1.807) is 46.8 Å². The summed E-state index contributed by atoms with van der Waals surface area (Å²) in [5, 5.41) is 11.1. The van der Waals surface area contributed by atoms with Crippen molar-refractivity contribution in [1.29, 1.82) is 0 Å². The van der Waals surface area contributed by atoms with E-state index >= 15 is 0 Å². The average molecular weight is 458 g/mol. The van der Waals surface area contributed by atoms with Crippen molar-refractivity contribution in [2.45, 2.75) is 101 Å². The molecule has 2 N–H and O–H groups in total. The molecule has 3 aliphatic heterocycles. The van der Waals surface area contributed by atoms with Crippen LogP contribution in [0.4, 0.5) is 0 Å². The van der Waals surface area contributed by atoms with E-state index in [2.05, 4.69) is 4.72 Å². The number of aryl methyl sites for hydroxylation is 1. The summed E-state index contributed by atoms with van der Waals surface area (Å²) in [5.41, 5.74) is 0.950. The second-order valence-corrected chi connectivity index (χ2v) is 11.1. The number of sulfonamides is 1. The van der Waals surface area contributed by atoms with Crippen LogP contribution in [-0.2, 0) is 33.7 Å². The lowest BCUT2D eigenvalue weighted by molar-refractivity contribution is -0.254. The number of hydrogen-bond donors (Lipinski definition) is 2. The van der Waals surface area contributed by atoms with E-state index in [1.165, 1.54) is 12.1 Å². The summed E-state index contributed by atoms with van der Waals surface area (Å²) in [6.07, 6.45) is -4.59. The van der Waals surface area contributed by atoms with E-state index in [4.69, 9.17) is 23.7 Å². The molecule has 1 aromatic carbocycles. The molecule has 0 unspecified atom stereocenters. The summed E-state index contributed by atoms with van der Waals surface area (Å²) in [6, 6.07) is 5.62. The first-order chi connectivity index (χ1) is 14.3. The minimum absolute atomic E-state index is 0.121. The lowest BCUT2D eigenvalue weighted by Gasteiger charge is -2.40. The topological polar surface area (TPSA) is 113 Å². The molecule has 3 fully saturated rings. The Balaban J connectivity index is 1.54. The maximum Gasteiger partial charge on any atom is 0.240 e. The fourth-order valence-corrected chi connectivity index (χ4v) is 5.56. The van der Waals surface area contributed by atoms with E-state index in [0.717, 1.165) is 5.56 Å². The van der Waals surface area contributed by atoms with Crippen LogP contribution in [0.3, 0.4) is 0 Å². The first kappa shape index (κ1) is 23.1. The lowest BCUT2D eigenvalue weighted by atomic mass is 9.93. The van der Waals surface area contributed by atoms with Crippen molar-refractivity contribution in [3.8, 4) is 0 Å². The number of rotatable bonds is 5. The van der Waals surface area contributed by atoms with Crippen molar-refractivity contribution in [3.05, 3.63) is 29.8 Å². The average Bonchev–Trinajstić information content (AvgIpc) is 3.14. The van der Waals surface area contributed by atoms with Gasteiger partial charge in [-0.05, 0) is 53.7 Å². The smallest absolute Gasteiger partial charge is 0.240 e. The number of aliphatic hydroxyl groups is 1. The number of benzene rings is 1. The van der Waals surface area contributed by atoms with Gasteiger partial charge in [0.1, 0.15) is 24.4 Å². The van der Waals surface area contributed by atoms with Gasteiger partial charge in [0, 0.05) is 6.04 Å². The lowest BCUT2D eigenvalue weighted by Crippen LogP contribution is -2.61. The normalized spacial score (nSPS) is 35.9. The first-order valence-corrected chi connectivity index (χ1v) is 11.9. The Labute approximate surface area is 183 Å². The molecule has 3 saturated heterocycles. The molecule has 4 rings (SSSR count). The van der Waals surface area contributed by atoms with Gasteiger partial charge in [-0.15, -0.1) is 0 Å². The van der Waals surface area contributed by atoms with Crippen LogP contribution in [0, 0.1) is 6.92 Å². The highest BCUT2D eigenvalue weighted by Gasteiger charge is 2.62. The van der Waals surface area contributed by atoms with Crippen LogP contribution >= 0.6 is 0 Å². The number of ether oxygens (including phenoxy) is 5. The third-order valence-electron chi connectivity index (χ3n) is 5.71. The second kappa shape index (κ2) is 7.74. The Morgan fingerprint density at radius 2 is 1.48 bits per heavy atom. The molecule has 7 atom stereocenters. The van der Waals surface area contributed by atoms with E-state index in [-0.39, 0.29) is 4.90 Å². The van der Waals surface area contributed by atoms with Crippen molar-refractivity contribution in [2.75, 3.05) is 0 Å². The Morgan fingerprint density at radius 1 is 0.935 bits per heavy atom. The van der Waals surface area contributed by atoms with Crippen molar-refractivity contribution in [1.82, 2.24) is 4.72 Å². The molecule has 9 nitrogen and oxygen atoms in total. The van der Waals surface area contributed by atoms with Crippen molar-refractivity contribution < 1.29 is 37.2 Å². The quantitative estimate of drug-likeness (QED) is 0.683. The highest BCUT2D eigenvalue weighted by atomic mass is 32.2. The standard InChI is InChI=1S/C21H31NO8S/c1-11-7-9-13(10-8-11)31(24,25)22-12(2)14(23)15-16-17(28-20(3,4)27-16)18-19(26-15)30-21(5,6)29-18/h7-10,12,14-19,22-23H,1-6H3/t12-,14-,15-,16+,17+,18-,19-/m1/s1. The van der Waals surface area contributed by atoms with Gasteiger partial charge in [0.15, 0.2) is 17.9 Å². The van der Waals surface area contributed by atoms with Gasteiger partial charge in [-0.1, -0.05) is 17.7 Å². The monoisotopic (exact) mass is 457 g/mol. The molecule has 10 heteroatoms. The largest absolute Gasteiger partial charge is 0.389 e. The summed E-state index contributed by atoms with van der Waals surface area (Å²) in [5.74, 6) is -1.79. The number of fused-ring (bicyclic) bond motifs is 3. The van der Waals surface area contributed by atoms with Crippen LogP contribution in [0.1, 0.15) is 40.2 Å². The Hall–Kier alpha value is -1.11. The van der Waals surface area contributed by atoms with Crippen molar-refractivity contribution >= 4 is 10.0 Å². The molecule has 0 aliphatic carbocycles. The summed E-state index contributed by atoms with van der Waals surface area (Å²) >= 11 is 0. The highest BCUT2D eigenvalue weighted by Crippen LogP contribution is 2.45. The third-order valence-corrected chi connectivity index (χ3v) is 7.29. The van der Waals surface area contributed by atoms with Crippen molar-refractivity contribution in [2.24, 2.45) is 0 Å². The molecule has 0 saturated carbocycles. The summed E-state index contributed by atoms with van der Waals surface area (Å²) in [4.78, 5) is 0.121. The number of hydrogen-bond acceptors (Lipinski definition) is 8. The predicted octanol–water partition coefficient (Wildman–Crippen LogP) is 1.42. The predicted molar refractivity (Wildman–Crippen MR) is 109 cm³/mol. The van der Waals surface area contributed by atoms with E-state index in [1.807, 2.05) is 6.92 Å². The SMILES string of the molecule is Cc1ccc(S(=O)(=O)N[C@H](C)[C@@H](O)[C@H]2O[C@@H]3OC(C)(C)O[C@@H]3[C@H]3OC(C)(C)O[C@H]32)cc1. The van der Waals surface area contributed by atoms with Crippen LogP contribution < -0.4 is 4.72 Å². The Bertz CT molecular complexity index is 916. The van der Waals surface area contributed by atoms with E-state index in [0.29, 0.717) is 0 Å². The van der Waals surface area contributed by atoms with Crippen LogP contribution in [-0.4, -0.2) is 68.0 Å². The summed E-state index contributed by atoms with van der Waals surface area (Å²) in [6.45, 7) is 10.5. The Kier molecular flexibility index (Phi) is 5.76. The molecule has 3 aliphatic rings. The van der Waals surface area contributed by atoms with Gasteiger partial charge in [-0.2, -0.15) is 0 Å². The zero-order chi connectivity index (χ0) is 22.8. The minimum Gasteiger partial charge on any atom is -0.389 e. The van der Waals surface area contributed by atoms with E-state index in [9.17, 15) is 13.5 Å². The third kappa shape index (κ3) is 4.53. The maximum atomic E-state index is 12.8. The summed E-state index contributed by atoms with van der Waals surface area (Å²) < 4.78 is 58.0. The van der Waals surface area contributed by atoms with Gasteiger partial charge in [0.2, 0.25) is 10.0 Å². The van der Waals surface area contributed by atoms with Gasteiger partial charge in [-0.25, -0.2) is 13.1 Å². The van der Waals surface area contributed by atoms with Gasteiger partial charge in [0.05, 0.1) is 11.0 Å². The van der Waals surface area contributed by atoms with Crippen LogP contribution in [0.15, 0.2) is 29.2 Å². The molecular weight excluding hydrogens is 426 g/mol. The molecule has 0 aromatic heterocycles. The van der Waals surface area contributed by atoms with Crippen molar-refractivity contribution in [3.63, 3.8) is 0 Å². The van der Waals surface area contributed by atoms with Gasteiger partial charge in [0.25, 0.3) is 0 Å². The fourth-order valence-electron chi connectivity index (χ4n) is 4.30. The highest BCUT2D eigenvalue weighted by molar-refractivity contribution is 7.89. The zero-order valence-corrected chi connectivity index (χ0v) is 19.4. The number of aliphatic hydroxyl groups excluding tert-OH is 1. The summed E-state index contributed by atoms with van der Waals surface area (Å²) in [7, 11) is -3.83. The molecule has 1 aromatic rings. The second-order valence-electron chi connectivity index (χ2n) is 9.35. The minimum atomic E-state index is -3.83. The van der Waals surface area contributed by atoms with Crippen LogP contribution in [0.5, 0.6) is 0 Å². The molecular formula is C21H31NO8S. The first-order valence-electron chi connectivity index (χ1n) is 10.4. The fraction of sp³-hybridized carbons (Fsp3) is 0.714. The molecule has 31 heavy (non-hydrogen) atoms. The molecule has 0 radical (unpaired) electrons.